The van der Waals surface area contributed by atoms with E-state index in [9.17, 15) is 9.59 Å². The minimum Gasteiger partial charge on any atom is -0.388 e. The highest BCUT2D eigenvalue weighted by molar-refractivity contribution is 6.39. The number of hydrogen-bond acceptors (Lipinski definition) is 6. The fourth-order valence-corrected chi connectivity index (χ4v) is 5.02. The third-order valence-electron chi connectivity index (χ3n) is 6.96. The number of urea groups is 1. The van der Waals surface area contributed by atoms with E-state index in [0.717, 1.165) is 17.1 Å². The molecule has 1 aromatic carbocycles. The van der Waals surface area contributed by atoms with Crippen LogP contribution in [0.15, 0.2) is 47.8 Å². The maximum absolute atomic E-state index is 13.1. The summed E-state index contributed by atoms with van der Waals surface area (Å²) in [6.07, 6.45) is 3.48. The number of anilines is 2. The standard InChI is InChI=1S/C25H29ClN6O3/c1-18-4-6-19(7-5-18)28-24(34)32-11-8-25(9-12-32)17-21(29-35-25)23(33)31-15-13-30(14-16-31)22-20(26)3-2-10-27-22/h2-7,10H,8-9,11-17H2,1H3,(H,28,34). The Morgan fingerprint density at radius 2 is 1.71 bits per heavy atom. The van der Waals surface area contributed by atoms with Crippen LogP contribution in [0.2, 0.25) is 5.02 Å². The van der Waals surface area contributed by atoms with Gasteiger partial charge in [-0.1, -0.05) is 34.5 Å². The minimum absolute atomic E-state index is 0.0758. The zero-order valence-electron chi connectivity index (χ0n) is 19.7. The second-order valence-electron chi connectivity index (χ2n) is 9.36. The SMILES string of the molecule is Cc1ccc(NC(=O)N2CCC3(CC2)CC(C(=O)N2CCN(c4ncccc4Cl)CC2)=NO3)cc1. The van der Waals surface area contributed by atoms with Crippen molar-refractivity contribution in [2.45, 2.75) is 31.8 Å². The molecular formula is C25H29ClN6O3. The number of piperidine rings is 1. The van der Waals surface area contributed by atoms with Gasteiger partial charge >= 0.3 is 6.03 Å². The highest BCUT2D eigenvalue weighted by Crippen LogP contribution is 2.35. The molecule has 3 aliphatic heterocycles. The Hall–Kier alpha value is -3.33. The fraction of sp³-hybridized carbons (Fsp3) is 0.440. The first-order valence-corrected chi connectivity index (χ1v) is 12.3. The minimum atomic E-state index is -0.505. The molecule has 0 aliphatic carbocycles. The van der Waals surface area contributed by atoms with Crippen LogP contribution in [0, 0.1) is 6.92 Å². The number of amides is 3. The average Bonchev–Trinajstić information content (AvgIpc) is 3.29. The fourth-order valence-electron chi connectivity index (χ4n) is 4.78. The quantitative estimate of drug-likeness (QED) is 0.702. The molecule has 1 aromatic heterocycles. The second kappa shape index (κ2) is 9.73. The van der Waals surface area contributed by atoms with Crippen molar-refractivity contribution >= 4 is 40.8 Å². The van der Waals surface area contributed by atoms with Crippen LogP contribution in [-0.2, 0) is 9.63 Å². The number of likely N-dealkylation sites (tertiary alicyclic amines) is 1. The van der Waals surface area contributed by atoms with Gasteiger partial charge in [-0.25, -0.2) is 9.78 Å². The summed E-state index contributed by atoms with van der Waals surface area (Å²) < 4.78 is 0. The van der Waals surface area contributed by atoms with E-state index in [1.165, 1.54) is 0 Å². The summed E-state index contributed by atoms with van der Waals surface area (Å²) in [7, 11) is 0. The molecule has 3 amide bonds. The predicted octanol–water partition coefficient (Wildman–Crippen LogP) is 3.54. The number of aryl methyl sites for hydroxylation is 1. The molecule has 35 heavy (non-hydrogen) atoms. The number of oxime groups is 1. The van der Waals surface area contributed by atoms with Crippen molar-refractivity contribution in [3.8, 4) is 0 Å². The van der Waals surface area contributed by atoms with Crippen molar-refractivity contribution in [2.24, 2.45) is 5.16 Å². The Morgan fingerprint density at radius 1 is 1.00 bits per heavy atom. The zero-order valence-corrected chi connectivity index (χ0v) is 20.5. The van der Waals surface area contributed by atoms with Crippen molar-refractivity contribution < 1.29 is 14.4 Å². The number of carbonyl (C=O) groups excluding carboxylic acids is 2. The normalized spacial score (nSPS) is 19.4. The summed E-state index contributed by atoms with van der Waals surface area (Å²) in [4.78, 5) is 41.7. The van der Waals surface area contributed by atoms with Gasteiger partial charge in [-0.05, 0) is 31.2 Å². The highest BCUT2D eigenvalue weighted by Gasteiger charge is 2.45. The summed E-state index contributed by atoms with van der Waals surface area (Å²) in [5, 5.41) is 7.74. The molecule has 10 heteroatoms. The topological polar surface area (TPSA) is 90.4 Å². The number of nitrogens with zero attached hydrogens (tertiary/aromatic N) is 5. The highest BCUT2D eigenvalue weighted by atomic mass is 35.5. The van der Waals surface area contributed by atoms with E-state index in [2.05, 4.69) is 20.4 Å². The van der Waals surface area contributed by atoms with Crippen molar-refractivity contribution in [3.63, 3.8) is 0 Å². The Balaban J connectivity index is 1.10. The molecule has 0 unspecified atom stereocenters. The molecule has 3 aliphatic rings. The van der Waals surface area contributed by atoms with Crippen LogP contribution in [0.3, 0.4) is 0 Å². The number of rotatable bonds is 3. The lowest BCUT2D eigenvalue weighted by Gasteiger charge is -2.37. The molecule has 0 saturated carbocycles. The third kappa shape index (κ3) is 5.05. The van der Waals surface area contributed by atoms with E-state index in [4.69, 9.17) is 16.4 Å². The van der Waals surface area contributed by atoms with E-state index in [-0.39, 0.29) is 11.9 Å². The van der Waals surface area contributed by atoms with Crippen LogP contribution >= 0.6 is 11.6 Å². The number of aromatic nitrogens is 1. The molecule has 0 radical (unpaired) electrons. The maximum Gasteiger partial charge on any atom is 0.321 e. The Kier molecular flexibility index (Phi) is 6.51. The summed E-state index contributed by atoms with van der Waals surface area (Å²) in [6, 6.07) is 11.2. The average molecular weight is 497 g/mol. The predicted molar refractivity (Wildman–Crippen MR) is 135 cm³/mol. The van der Waals surface area contributed by atoms with E-state index < -0.39 is 5.60 Å². The molecule has 2 aromatic rings. The second-order valence-corrected chi connectivity index (χ2v) is 9.77. The van der Waals surface area contributed by atoms with Gasteiger partial charge in [0.15, 0.2) is 0 Å². The van der Waals surface area contributed by atoms with Crippen LogP contribution in [0.5, 0.6) is 0 Å². The van der Waals surface area contributed by atoms with Crippen molar-refractivity contribution in [3.05, 3.63) is 53.2 Å². The number of nitrogens with one attached hydrogen (secondary N) is 1. The van der Waals surface area contributed by atoms with Crippen molar-refractivity contribution in [1.82, 2.24) is 14.8 Å². The van der Waals surface area contributed by atoms with E-state index in [1.807, 2.05) is 42.2 Å². The van der Waals surface area contributed by atoms with Gasteiger partial charge in [-0.3, -0.25) is 4.79 Å². The zero-order chi connectivity index (χ0) is 24.4. The van der Waals surface area contributed by atoms with Gasteiger partial charge in [-0.2, -0.15) is 0 Å². The van der Waals surface area contributed by atoms with Gasteiger partial charge in [0.1, 0.15) is 17.1 Å². The van der Waals surface area contributed by atoms with Gasteiger partial charge in [0, 0.05) is 70.4 Å². The third-order valence-corrected chi connectivity index (χ3v) is 7.25. The first-order chi connectivity index (χ1) is 16.9. The molecule has 184 valence electrons. The molecule has 0 atom stereocenters. The Morgan fingerprint density at radius 3 is 2.40 bits per heavy atom. The van der Waals surface area contributed by atoms with Crippen LogP contribution in [0.4, 0.5) is 16.3 Å². The number of halogens is 1. The number of benzene rings is 1. The molecule has 2 saturated heterocycles. The van der Waals surface area contributed by atoms with E-state index >= 15 is 0 Å². The summed E-state index contributed by atoms with van der Waals surface area (Å²) >= 11 is 6.27. The van der Waals surface area contributed by atoms with Gasteiger partial charge in [0.05, 0.1) is 5.02 Å². The monoisotopic (exact) mass is 496 g/mol. The van der Waals surface area contributed by atoms with E-state index in [0.29, 0.717) is 69.3 Å². The first-order valence-electron chi connectivity index (χ1n) is 11.9. The Labute approximate surface area is 209 Å². The molecular weight excluding hydrogens is 468 g/mol. The van der Waals surface area contributed by atoms with Crippen LogP contribution in [-0.4, -0.2) is 77.3 Å². The van der Waals surface area contributed by atoms with Gasteiger partial charge < -0.3 is 24.9 Å². The summed E-state index contributed by atoms with van der Waals surface area (Å²) in [5.74, 6) is 0.674. The Bertz CT molecular complexity index is 1120. The smallest absolute Gasteiger partial charge is 0.321 e. The lowest BCUT2D eigenvalue weighted by atomic mass is 9.86. The molecule has 1 N–H and O–H groups in total. The molecule has 4 heterocycles. The summed E-state index contributed by atoms with van der Waals surface area (Å²) in [6.45, 7) is 5.59. The van der Waals surface area contributed by atoms with Gasteiger partial charge in [-0.15, -0.1) is 0 Å². The lowest BCUT2D eigenvalue weighted by Crippen LogP contribution is -2.52. The molecule has 0 bridgehead atoms. The number of carbonyl (C=O) groups is 2. The van der Waals surface area contributed by atoms with Crippen molar-refractivity contribution in [2.75, 3.05) is 49.5 Å². The molecule has 2 fully saturated rings. The van der Waals surface area contributed by atoms with E-state index in [1.54, 1.807) is 17.2 Å². The number of piperazine rings is 1. The molecule has 9 nitrogen and oxygen atoms in total. The molecule has 5 rings (SSSR count). The molecule has 1 spiro atoms. The number of pyridine rings is 1. The van der Waals surface area contributed by atoms with Crippen LogP contribution in [0.25, 0.3) is 0 Å². The first kappa shape index (κ1) is 23.4. The number of hydrogen-bond donors (Lipinski definition) is 1. The lowest BCUT2D eigenvalue weighted by molar-refractivity contribution is -0.124. The maximum atomic E-state index is 13.1. The van der Waals surface area contributed by atoms with Crippen LogP contribution in [0.1, 0.15) is 24.8 Å². The van der Waals surface area contributed by atoms with Gasteiger partial charge in [0.2, 0.25) is 0 Å². The summed E-state index contributed by atoms with van der Waals surface area (Å²) in [5.41, 5.74) is 1.88. The largest absolute Gasteiger partial charge is 0.388 e. The van der Waals surface area contributed by atoms with Crippen molar-refractivity contribution in [1.29, 1.82) is 0 Å². The van der Waals surface area contributed by atoms with Crippen LogP contribution < -0.4 is 10.2 Å². The van der Waals surface area contributed by atoms with Gasteiger partial charge in [0.25, 0.3) is 5.91 Å².